The van der Waals surface area contributed by atoms with Gasteiger partial charge in [0.2, 0.25) is 0 Å². The molecule has 21 heavy (non-hydrogen) atoms. The molecule has 0 atom stereocenters. The van der Waals surface area contributed by atoms with Gasteiger partial charge in [0, 0.05) is 31.9 Å². The third-order valence-electron chi connectivity index (χ3n) is 3.54. The third kappa shape index (κ3) is 4.33. The van der Waals surface area contributed by atoms with E-state index in [2.05, 4.69) is 42.2 Å². The lowest BCUT2D eigenvalue weighted by Gasteiger charge is -2.22. The maximum Gasteiger partial charge on any atom is 0.105 e. The van der Waals surface area contributed by atoms with Crippen molar-refractivity contribution in [3.63, 3.8) is 0 Å². The van der Waals surface area contributed by atoms with Crippen LogP contribution >= 0.6 is 0 Å². The predicted molar refractivity (Wildman–Crippen MR) is 86.3 cm³/mol. The van der Waals surface area contributed by atoms with Crippen LogP contribution in [0.15, 0.2) is 35.2 Å². The van der Waals surface area contributed by atoms with Crippen LogP contribution in [0.5, 0.6) is 0 Å². The van der Waals surface area contributed by atoms with Gasteiger partial charge in [0.15, 0.2) is 0 Å². The molecule has 0 saturated heterocycles. The lowest BCUT2D eigenvalue weighted by Crippen LogP contribution is -2.23. The number of hydrogen-bond donors (Lipinski definition) is 1. The van der Waals surface area contributed by atoms with E-state index in [4.69, 9.17) is 4.42 Å². The summed E-state index contributed by atoms with van der Waals surface area (Å²) in [5, 5.41) is 3.49. The zero-order valence-electron chi connectivity index (χ0n) is 13.4. The Balaban J connectivity index is 2.06. The van der Waals surface area contributed by atoms with Crippen LogP contribution in [0.4, 0.5) is 5.69 Å². The summed E-state index contributed by atoms with van der Waals surface area (Å²) in [5.74, 6) is 1.63. The van der Waals surface area contributed by atoms with Crippen molar-refractivity contribution in [3.8, 4) is 0 Å². The number of nitrogens with zero attached hydrogens (tertiary/aromatic N) is 2. The lowest BCUT2D eigenvalue weighted by molar-refractivity contribution is 0.529. The molecule has 114 valence electrons. The van der Waals surface area contributed by atoms with Crippen molar-refractivity contribution in [2.75, 3.05) is 18.5 Å². The van der Waals surface area contributed by atoms with Crippen molar-refractivity contribution in [2.24, 2.45) is 5.92 Å². The Morgan fingerprint density at radius 3 is 2.76 bits per heavy atom. The van der Waals surface area contributed by atoms with Crippen molar-refractivity contribution in [1.82, 2.24) is 10.3 Å². The number of rotatable bonds is 7. The van der Waals surface area contributed by atoms with Gasteiger partial charge in [-0.3, -0.25) is 4.98 Å². The topological polar surface area (TPSA) is 41.3 Å². The number of pyridine rings is 1. The Morgan fingerprint density at radius 1 is 1.29 bits per heavy atom. The molecule has 0 spiro atoms. The predicted octanol–water partition coefficient (Wildman–Crippen LogP) is 3.37. The number of anilines is 1. The standard InChI is InChI=1S/C17H25N3O/c1-13(2)9-19-10-15-5-7-18-11-17(15)20(4)12-16-6-8-21-14(16)3/h5-8,11,13,19H,9-10,12H2,1-4H3. The van der Waals surface area contributed by atoms with E-state index < -0.39 is 0 Å². The molecular formula is C17H25N3O. The van der Waals surface area contributed by atoms with E-state index in [-0.39, 0.29) is 0 Å². The number of furan rings is 1. The number of nitrogens with one attached hydrogen (secondary N) is 1. The lowest BCUT2D eigenvalue weighted by atomic mass is 10.1. The summed E-state index contributed by atoms with van der Waals surface area (Å²) >= 11 is 0. The average molecular weight is 287 g/mol. The smallest absolute Gasteiger partial charge is 0.105 e. The molecule has 4 nitrogen and oxygen atoms in total. The highest BCUT2D eigenvalue weighted by Crippen LogP contribution is 2.21. The molecule has 0 aromatic carbocycles. The zero-order valence-corrected chi connectivity index (χ0v) is 13.4. The van der Waals surface area contributed by atoms with Gasteiger partial charge in [-0.2, -0.15) is 0 Å². The van der Waals surface area contributed by atoms with Crippen LogP contribution in [0.2, 0.25) is 0 Å². The highest BCUT2D eigenvalue weighted by atomic mass is 16.3. The molecule has 0 aliphatic carbocycles. The summed E-state index contributed by atoms with van der Waals surface area (Å²) in [6.45, 7) is 9.14. The fraction of sp³-hybridized carbons (Fsp3) is 0.471. The molecule has 0 aliphatic rings. The summed E-state index contributed by atoms with van der Waals surface area (Å²) in [7, 11) is 2.09. The van der Waals surface area contributed by atoms with E-state index in [1.54, 1.807) is 6.26 Å². The van der Waals surface area contributed by atoms with Crippen molar-refractivity contribution in [1.29, 1.82) is 0 Å². The fourth-order valence-corrected chi connectivity index (χ4v) is 2.32. The molecule has 0 aliphatic heterocycles. The first-order valence-electron chi connectivity index (χ1n) is 7.45. The Kier molecular flexibility index (Phi) is 5.39. The van der Waals surface area contributed by atoms with E-state index in [9.17, 15) is 0 Å². The summed E-state index contributed by atoms with van der Waals surface area (Å²) in [5.41, 5.74) is 3.64. The molecule has 0 bridgehead atoms. The van der Waals surface area contributed by atoms with Gasteiger partial charge in [-0.25, -0.2) is 0 Å². The monoisotopic (exact) mass is 287 g/mol. The van der Waals surface area contributed by atoms with Gasteiger partial charge in [0.25, 0.3) is 0 Å². The van der Waals surface area contributed by atoms with Crippen molar-refractivity contribution >= 4 is 5.69 Å². The van der Waals surface area contributed by atoms with Crippen LogP contribution in [-0.4, -0.2) is 18.6 Å². The minimum Gasteiger partial charge on any atom is -0.469 e. The Bertz CT molecular complexity index is 563. The highest BCUT2D eigenvalue weighted by molar-refractivity contribution is 5.51. The van der Waals surface area contributed by atoms with E-state index in [1.807, 2.05) is 25.4 Å². The Labute approximate surface area is 127 Å². The second kappa shape index (κ2) is 7.27. The second-order valence-corrected chi connectivity index (χ2v) is 5.89. The highest BCUT2D eigenvalue weighted by Gasteiger charge is 2.10. The van der Waals surface area contributed by atoms with Gasteiger partial charge in [-0.15, -0.1) is 0 Å². The molecule has 0 saturated carbocycles. The maximum atomic E-state index is 5.37. The maximum absolute atomic E-state index is 5.37. The molecule has 2 heterocycles. The van der Waals surface area contributed by atoms with Gasteiger partial charge < -0.3 is 14.6 Å². The molecule has 2 rings (SSSR count). The van der Waals surface area contributed by atoms with Crippen molar-refractivity contribution in [2.45, 2.75) is 33.9 Å². The Morgan fingerprint density at radius 2 is 2.10 bits per heavy atom. The summed E-state index contributed by atoms with van der Waals surface area (Å²) in [6.07, 6.45) is 5.53. The molecule has 0 fully saturated rings. The van der Waals surface area contributed by atoms with Crippen LogP contribution in [0.3, 0.4) is 0 Å². The zero-order chi connectivity index (χ0) is 15.2. The van der Waals surface area contributed by atoms with E-state index in [0.717, 1.165) is 31.1 Å². The van der Waals surface area contributed by atoms with Crippen LogP contribution < -0.4 is 10.2 Å². The minimum atomic E-state index is 0.654. The van der Waals surface area contributed by atoms with E-state index in [1.165, 1.54) is 11.1 Å². The normalized spacial score (nSPS) is 11.1. The van der Waals surface area contributed by atoms with Gasteiger partial charge >= 0.3 is 0 Å². The number of hydrogen-bond acceptors (Lipinski definition) is 4. The quantitative estimate of drug-likeness (QED) is 0.848. The molecule has 4 heteroatoms. The summed E-state index contributed by atoms with van der Waals surface area (Å²) < 4.78 is 5.37. The molecule has 0 unspecified atom stereocenters. The van der Waals surface area contributed by atoms with Gasteiger partial charge in [-0.05, 0) is 37.1 Å². The van der Waals surface area contributed by atoms with E-state index in [0.29, 0.717) is 5.92 Å². The third-order valence-corrected chi connectivity index (χ3v) is 3.54. The number of aryl methyl sites for hydroxylation is 1. The minimum absolute atomic E-state index is 0.654. The van der Waals surface area contributed by atoms with Gasteiger partial charge in [0.05, 0.1) is 18.1 Å². The summed E-state index contributed by atoms with van der Waals surface area (Å²) in [4.78, 5) is 6.49. The van der Waals surface area contributed by atoms with Gasteiger partial charge in [-0.1, -0.05) is 13.8 Å². The number of aromatic nitrogens is 1. The van der Waals surface area contributed by atoms with Gasteiger partial charge in [0.1, 0.15) is 5.76 Å². The Hall–Kier alpha value is -1.81. The van der Waals surface area contributed by atoms with Crippen LogP contribution in [-0.2, 0) is 13.1 Å². The average Bonchev–Trinajstić information content (AvgIpc) is 2.84. The van der Waals surface area contributed by atoms with Crippen molar-refractivity contribution < 1.29 is 4.42 Å². The fourth-order valence-electron chi connectivity index (χ4n) is 2.32. The first-order chi connectivity index (χ1) is 10.1. The van der Waals surface area contributed by atoms with E-state index >= 15 is 0 Å². The first kappa shape index (κ1) is 15.6. The van der Waals surface area contributed by atoms with Crippen LogP contribution in [0.1, 0.15) is 30.7 Å². The summed E-state index contributed by atoms with van der Waals surface area (Å²) in [6, 6.07) is 4.11. The molecular weight excluding hydrogens is 262 g/mol. The largest absolute Gasteiger partial charge is 0.469 e. The first-order valence-corrected chi connectivity index (χ1v) is 7.45. The SMILES string of the molecule is Cc1occc1CN(C)c1cnccc1CNCC(C)C. The van der Waals surface area contributed by atoms with Crippen molar-refractivity contribution in [3.05, 3.63) is 47.7 Å². The molecule has 2 aromatic rings. The second-order valence-electron chi connectivity index (χ2n) is 5.89. The molecule has 0 amide bonds. The molecule has 2 aromatic heterocycles. The van der Waals surface area contributed by atoms with Crippen LogP contribution in [0, 0.1) is 12.8 Å². The molecule has 1 N–H and O–H groups in total. The van der Waals surface area contributed by atoms with Crippen LogP contribution in [0.25, 0.3) is 0 Å². The molecule has 0 radical (unpaired) electrons.